The lowest BCUT2D eigenvalue weighted by molar-refractivity contribution is 0.120. The smallest absolute Gasteiger partial charge is 0.194 e. The predicted molar refractivity (Wildman–Crippen MR) is 46.4 cm³/mol. The molecule has 0 aliphatic carbocycles. The summed E-state index contributed by atoms with van der Waals surface area (Å²) < 4.78 is 13.4. The van der Waals surface area contributed by atoms with E-state index in [2.05, 4.69) is 20.8 Å². The van der Waals surface area contributed by atoms with Crippen LogP contribution < -0.4 is 5.90 Å². The molecule has 0 fully saturated rings. The van der Waals surface area contributed by atoms with Crippen molar-refractivity contribution in [2.75, 3.05) is 0 Å². The number of hydrogen-bond donors (Lipinski definition) is 3. The summed E-state index contributed by atoms with van der Waals surface area (Å²) >= 11 is 2.99. The van der Waals surface area contributed by atoms with E-state index in [0.29, 0.717) is 0 Å². The Hall–Kier alpha value is -0.850. The van der Waals surface area contributed by atoms with Crippen LogP contribution in [0.2, 0.25) is 0 Å². The monoisotopic (exact) mass is 251 g/mol. The van der Waals surface area contributed by atoms with Crippen LogP contribution in [-0.4, -0.2) is 10.2 Å². The van der Waals surface area contributed by atoms with Gasteiger partial charge in [-0.3, -0.25) is 4.84 Å². The van der Waals surface area contributed by atoms with Gasteiger partial charge in [-0.05, 0) is 6.07 Å². The first-order valence-corrected chi connectivity index (χ1v) is 4.07. The van der Waals surface area contributed by atoms with Gasteiger partial charge in [-0.1, -0.05) is 15.9 Å². The van der Waals surface area contributed by atoms with Crippen LogP contribution in [0.1, 0.15) is 5.56 Å². The van der Waals surface area contributed by atoms with Crippen molar-refractivity contribution in [1.29, 1.82) is 0 Å². The van der Waals surface area contributed by atoms with Crippen molar-refractivity contribution in [1.82, 2.24) is 0 Å². The maximum Gasteiger partial charge on any atom is 0.194 e. The Balaban J connectivity index is 3.26. The Bertz CT molecular complexity index is 332. The Labute approximate surface area is 81.8 Å². The van der Waals surface area contributed by atoms with Gasteiger partial charge in [0.15, 0.2) is 17.3 Å². The second-order valence-electron chi connectivity index (χ2n) is 2.33. The second-order valence-corrected chi connectivity index (χ2v) is 3.18. The van der Waals surface area contributed by atoms with E-state index in [1.165, 1.54) is 0 Å². The average molecular weight is 252 g/mol. The molecule has 0 saturated heterocycles. The van der Waals surface area contributed by atoms with Gasteiger partial charge in [0.2, 0.25) is 0 Å². The van der Waals surface area contributed by atoms with Crippen molar-refractivity contribution in [3.05, 3.63) is 21.9 Å². The van der Waals surface area contributed by atoms with E-state index in [9.17, 15) is 4.39 Å². The summed E-state index contributed by atoms with van der Waals surface area (Å²) in [7, 11) is 0. The van der Waals surface area contributed by atoms with Crippen LogP contribution in [-0.2, 0) is 11.4 Å². The van der Waals surface area contributed by atoms with Crippen LogP contribution in [0.15, 0.2) is 10.5 Å². The van der Waals surface area contributed by atoms with E-state index in [1.54, 1.807) is 0 Å². The van der Waals surface area contributed by atoms with Gasteiger partial charge in [0.05, 0.1) is 6.61 Å². The fraction of sp³-hybridized carbons (Fsp3) is 0.143. The molecular formula is C7H7BrFNO3. The minimum Gasteiger partial charge on any atom is -0.504 e. The highest BCUT2D eigenvalue weighted by Crippen LogP contribution is 2.35. The number of aromatic hydroxyl groups is 2. The molecule has 0 bridgehead atoms. The van der Waals surface area contributed by atoms with Gasteiger partial charge in [-0.25, -0.2) is 10.3 Å². The molecule has 4 nitrogen and oxygen atoms in total. The maximum absolute atomic E-state index is 13.1. The van der Waals surface area contributed by atoms with Crippen LogP contribution in [0.5, 0.6) is 11.5 Å². The van der Waals surface area contributed by atoms with Crippen molar-refractivity contribution in [2.45, 2.75) is 6.61 Å². The highest BCUT2D eigenvalue weighted by atomic mass is 79.9. The standard InChI is InChI=1S/C7H7BrFNO3/c8-4-1-5(11)7(12)6(9)3(4)2-13-10/h1,11-12H,2,10H2. The number of hydrogen-bond acceptors (Lipinski definition) is 4. The van der Waals surface area contributed by atoms with E-state index in [-0.39, 0.29) is 16.6 Å². The number of rotatable bonds is 2. The van der Waals surface area contributed by atoms with Crippen molar-refractivity contribution < 1.29 is 19.4 Å². The lowest BCUT2D eigenvalue weighted by Gasteiger charge is -2.07. The molecular weight excluding hydrogens is 245 g/mol. The summed E-state index contributed by atoms with van der Waals surface area (Å²) in [6, 6.07) is 1.16. The first-order valence-electron chi connectivity index (χ1n) is 3.28. The molecule has 13 heavy (non-hydrogen) atoms. The molecule has 0 aliphatic heterocycles. The minimum atomic E-state index is -0.947. The Morgan fingerprint density at radius 2 is 2.15 bits per heavy atom. The molecule has 0 spiro atoms. The van der Waals surface area contributed by atoms with Crippen molar-refractivity contribution in [2.24, 2.45) is 5.90 Å². The zero-order valence-electron chi connectivity index (χ0n) is 6.42. The van der Waals surface area contributed by atoms with Gasteiger partial charge in [-0.15, -0.1) is 0 Å². The second kappa shape index (κ2) is 3.91. The van der Waals surface area contributed by atoms with Crippen LogP contribution in [0.25, 0.3) is 0 Å². The van der Waals surface area contributed by atoms with Gasteiger partial charge < -0.3 is 10.2 Å². The van der Waals surface area contributed by atoms with Gasteiger partial charge in [0.1, 0.15) is 0 Å². The summed E-state index contributed by atoms with van der Waals surface area (Å²) in [4.78, 5) is 4.22. The molecule has 1 aromatic carbocycles. The molecule has 0 unspecified atom stereocenters. The molecule has 0 atom stereocenters. The highest BCUT2D eigenvalue weighted by molar-refractivity contribution is 9.10. The van der Waals surface area contributed by atoms with Gasteiger partial charge >= 0.3 is 0 Å². The molecule has 0 aliphatic rings. The average Bonchev–Trinajstić information content (AvgIpc) is 2.09. The van der Waals surface area contributed by atoms with Crippen molar-refractivity contribution in [3.63, 3.8) is 0 Å². The van der Waals surface area contributed by atoms with Gasteiger partial charge in [0.25, 0.3) is 0 Å². The lowest BCUT2D eigenvalue weighted by Crippen LogP contribution is -2.02. The Morgan fingerprint density at radius 3 is 2.69 bits per heavy atom. The van der Waals surface area contributed by atoms with Crippen LogP contribution >= 0.6 is 15.9 Å². The number of phenols is 2. The largest absolute Gasteiger partial charge is 0.504 e. The number of phenolic OH excluding ortho intramolecular Hbond substituents is 2. The molecule has 4 N–H and O–H groups in total. The summed E-state index contributed by atoms with van der Waals surface area (Å²) in [5.41, 5.74) is 0.0535. The summed E-state index contributed by atoms with van der Waals surface area (Å²) in [6.45, 7) is -0.194. The molecule has 0 radical (unpaired) electrons. The third-order valence-corrected chi connectivity index (χ3v) is 2.20. The van der Waals surface area contributed by atoms with E-state index < -0.39 is 17.3 Å². The van der Waals surface area contributed by atoms with Gasteiger partial charge in [-0.2, -0.15) is 0 Å². The van der Waals surface area contributed by atoms with Crippen LogP contribution in [0.3, 0.4) is 0 Å². The summed E-state index contributed by atoms with van der Waals surface area (Å²) in [5.74, 6) is 2.46. The van der Waals surface area contributed by atoms with Gasteiger partial charge in [0, 0.05) is 10.0 Å². The molecule has 1 rings (SSSR count). The Morgan fingerprint density at radius 1 is 1.54 bits per heavy atom. The lowest BCUT2D eigenvalue weighted by atomic mass is 10.2. The molecule has 6 heteroatoms. The van der Waals surface area contributed by atoms with Crippen LogP contribution in [0, 0.1) is 5.82 Å². The minimum absolute atomic E-state index is 0.0535. The maximum atomic E-state index is 13.1. The zero-order valence-corrected chi connectivity index (χ0v) is 8.01. The number of halogens is 2. The molecule has 0 heterocycles. The Kier molecular flexibility index (Phi) is 3.07. The highest BCUT2D eigenvalue weighted by Gasteiger charge is 2.15. The van der Waals surface area contributed by atoms with Crippen molar-refractivity contribution >= 4 is 15.9 Å². The van der Waals surface area contributed by atoms with E-state index >= 15 is 0 Å². The van der Waals surface area contributed by atoms with Crippen molar-refractivity contribution in [3.8, 4) is 11.5 Å². The summed E-state index contributed by atoms with van der Waals surface area (Å²) in [5, 5.41) is 18.0. The molecule has 0 amide bonds. The topological polar surface area (TPSA) is 75.7 Å². The normalized spacial score (nSPS) is 10.4. The molecule has 72 valence electrons. The predicted octanol–water partition coefficient (Wildman–Crippen LogP) is 1.39. The first-order chi connectivity index (χ1) is 6.07. The fourth-order valence-electron chi connectivity index (χ4n) is 0.851. The third kappa shape index (κ3) is 1.90. The number of benzene rings is 1. The molecule has 0 saturated carbocycles. The van der Waals surface area contributed by atoms with E-state index in [1.807, 2.05) is 0 Å². The summed E-state index contributed by atoms with van der Waals surface area (Å²) in [6.07, 6.45) is 0. The third-order valence-electron chi connectivity index (χ3n) is 1.49. The first kappa shape index (κ1) is 10.2. The van der Waals surface area contributed by atoms with Crippen LogP contribution in [0.4, 0.5) is 4.39 Å². The number of nitrogens with two attached hydrogens (primary N) is 1. The van der Waals surface area contributed by atoms with E-state index in [4.69, 9.17) is 16.1 Å². The van der Waals surface area contributed by atoms with E-state index in [0.717, 1.165) is 6.07 Å². The quantitative estimate of drug-likeness (QED) is 0.549. The fourth-order valence-corrected chi connectivity index (χ4v) is 1.36. The molecule has 0 aromatic heterocycles. The SMILES string of the molecule is NOCc1c(Br)cc(O)c(O)c1F. The zero-order chi connectivity index (χ0) is 10.0. The molecule has 1 aromatic rings.